The molecule has 3 atom stereocenters. The Hall–Kier alpha value is -1.43. The van der Waals surface area contributed by atoms with Crippen LogP contribution in [-0.2, 0) is 4.79 Å². The molecule has 0 aromatic rings. The van der Waals surface area contributed by atoms with Crippen LogP contribution in [0.25, 0.3) is 0 Å². The van der Waals surface area contributed by atoms with E-state index >= 15 is 0 Å². The smallest absolute Gasteiger partial charge is 0.249 e. The highest BCUT2D eigenvalue weighted by molar-refractivity contribution is 5.80. The molecule has 0 aromatic carbocycles. The fraction of sp³-hybridized carbons (Fsp3) is 0.788. The molecule has 222 valence electrons. The Bertz CT molecular complexity index is 602. The summed E-state index contributed by atoms with van der Waals surface area (Å²) in [7, 11) is 0. The Labute approximate surface area is 234 Å². The van der Waals surface area contributed by atoms with Gasteiger partial charge in [-0.15, -0.1) is 0 Å². The first-order chi connectivity index (χ1) is 18.6. The number of hydrogen-bond donors (Lipinski definition) is 4. The van der Waals surface area contributed by atoms with Crippen LogP contribution in [0, 0.1) is 0 Å². The minimum absolute atomic E-state index is 0.381. The maximum Gasteiger partial charge on any atom is 0.249 e. The van der Waals surface area contributed by atoms with Crippen molar-refractivity contribution in [2.75, 3.05) is 6.61 Å². The second kappa shape index (κ2) is 28.6. The third-order valence-electron chi connectivity index (χ3n) is 6.97. The van der Waals surface area contributed by atoms with Gasteiger partial charge in [0.2, 0.25) is 5.91 Å². The maximum absolute atomic E-state index is 12.3. The highest BCUT2D eigenvalue weighted by Crippen LogP contribution is 2.14. The molecule has 0 spiro atoms. The highest BCUT2D eigenvalue weighted by Gasteiger charge is 2.22. The number of unbranched alkanes of at least 4 members (excludes halogenated alkanes) is 15. The van der Waals surface area contributed by atoms with E-state index in [0.717, 1.165) is 51.4 Å². The summed E-state index contributed by atoms with van der Waals surface area (Å²) in [6.45, 7) is 4.01. The van der Waals surface area contributed by atoms with Crippen molar-refractivity contribution in [1.29, 1.82) is 0 Å². The second-order valence-corrected chi connectivity index (χ2v) is 10.6. The van der Waals surface area contributed by atoms with Crippen LogP contribution in [0.4, 0.5) is 0 Å². The molecular formula is C33H61NO4. The summed E-state index contributed by atoms with van der Waals surface area (Å²) in [5.41, 5.74) is 0. The number of hydrogen-bond acceptors (Lipinski definition) is 4. The molecule has 5 heteroatoms. The molecule has 0 aromatic heterocycles. The Balaban J connectivity index is 3.84. The zero-order chi connectivity index (χ0) is 28.1. The van der Waals surface area contributed by atoms with E-state index < -0.39 is 24.2 Å². The van der Waals surface area contributed by atoms with E-state index in [0.29, 0.717) is 6.42 Å². The summed E-state index contributed by atoms with van der Waals surface area (Å²) < 4.78 is 0. The fourth-order valence-electron chi connectivity index (χ4n) is 4.46. The van der Waals surface area contributed by atoms with Crippen molar-refractivity contribution >= 4 is 5.91 Å². The number of allylic oxidation sites excluding steroid dienone is 5. The van der Waals surface area contributed by atoms with Gasteiger partial charge in [0, 0.05) is 0 Å². The lowest BCUT2D eigenvalue weighted by atomic mass is 10.0. The molecule has 0 aliphatic heterocycles. The number of carbonyl (C=O) groups is 1. The summed E-state index contributed by atoms with van der Waals surface area (Å²) in [5, 5.41) is 32.7. The molecule has 0 aliphatic carbocycles. The molecule has 0 rings (SSSR count). The van der Waals surface area contributed by atoms with Gasteiger partial charge in [-0.1, -0.05) is 140 Å². The summed E-state index contributed by atoms with van der Waals surface area (Å²) in [6.07, 6.45) is 33.0. The summed E-state index contributed by atoms with van der Waals surface area (Å²) >= 11 is 0. The van der Waals surface area contributed by atoms with Crippen LogP contribution in [0.2, 0.25) is 0 Å². The van der Waals surface area contributed by atoms with Crippen LogP contribution < -0.4 is 5.32 Å². The minimum atomic E-state index is -1.10. The first kappa shape index (κ1) is 36.6. The molecule has 0 heterocycles. The Morgan fingerprint density at radius 3 is 1.58 bits per heavy atom. The van der Waals surface area contributed by atoms with Crippen molar-refractivity contribution in [3.05, 3.63) is 36.5 Å². The van der Waals surface area contributed by atoms with Gasteiger partial charge in [-0.2, -0.15) is 0 Å². The minimum Gasteiger partial charge on any atom is -0.394 e. The lowest BCUT2D eigenvalue weighted by Crippen LogP contribution is -2.48. The zero-order valence-corrected chi connectivity index (χ0v) is 24.8. The van der Waals surface area contributed by atoms with Crippen molar-refractivity contribution in [3.8, 4) is 0 Å². The number of aliphatic hydroxyl groups excluding tert-OH is 3. The topological polar surface area (TPSA) is 89.8 Å². The van der Waals surface area contributed by atoms with Crippen molar-refractivity contribution in [2.45, 2.75) is 161 Å². The molecule has 0 bridgehead atoms. The normalized spacial score (nSPS) is 14.6. The SMILES string of the molecule is CC/C=C/CC/C=C/CC/C=C/C(O)C(CO)NC(=O)C(O)CCCCCCCCCCCCCCCC. The number of amides is 1. The van der Waals surface area contributed by atoms with Crippen LogP contribution in [0.3, 0.4) is 0 Å². The molecular weight excluding hydrogens is 474 g/mol. The molecule has 0 fully saturated rings. The largest absolute Gasteiger partial charge is 0.394 e. The van der Waals surface area contributed by atoms with Crippen molar-refractivity contribution in [1.82, 2.24) is 5.32 Å². The van der Waals surface area contributed by atoms with Gasteiger partial charge in [0.15, 0.2) is 0 Å². The average molecular weight is 536 g/mol. The van der Waals surface area contributed by atoms with Gasteiger partial charge in [0.05, 0.1) is 18.8 Å². The van der Waals surface area contributed by atoms with Gasteiger partial charge < -0.3 is 20.6 Å². The third kappa shape index (κ3) is 23.7. The Morgan fingerprint density at radius 1 is 0.658 bits per heavy atom. The van der Waals surface area contributed by atoms with E-state index in [9.17, 15) is 20.1 Å². The number of carbonyl (C=O) groups excluding carboxylic acids is 1. The van der Waals surface area contributed by atoms with E-state index in [1.807, 2.05) is 6.08 Å². The fourth-order valence-corrected chi connectivity index (χ4v) is 4.46. The van der Waals surface area contributed by atoms with E-state index in [4.69, 9.17) is 0 Å². The Morgan fingerprint density at radius 2 is 1.11 bits per heavy atom. The third-order valence-corrected chi connectivity index (χ3v) is 6.97. The Kier molecular flexibility index (Phi) is 27.5. The van der Waals surface area contributed by atoms with Crippen LogP contribution in [-0.4, -0.2) is 46.1 Å². The molecule has 1 amide bonds. The maximum atomic E-state index is 12.3. The number of rotatable bonds is 27. The molecule has 0 radical (unpaired) electrons. The molecule has 0 aliphatic rings. The standard InChI is InChI=1S/C33H61NO4/c1-3-5-7-9-11-13-15-16-17-18-20-22-24-26-28-32(37)33(38)34-30(29-35)31(36)27-25-23-21-19-14-12-10-8-6-4-2/h6,8,14,19,25,27,30-32,35-37H,3-5,7,9-13,15-18,20-24,26,28-29H2,1-2H3,(H,34,38)/b8-6+,19-14+,27-25+. The van der Waals surface area contributed by atoms with Crippen LogP contribution in [0.1, 0.15) is 142 Å². The monoisotopic (exact) mass is 535 g/mol. The average Bonchev–Trinajstić information content (AvgIpc) is 2.92. The summed E-state index contributed by atoms with van der Waals surface area (Å²) in [6, 6.07) is -0.814. The van der Waals surface area contributed by atoms with E-state index in [-0.39, 0.29) is 6.61 Å². The van der Waals surface area contributed by atoms with Gasteiger partial charge in [-0.05, 0) is 38.5 Å². The predicted octanol–water partition coefficient (Wildman–Crippen LogP) is 7.70. The second-order valence-electron chi connectivity index (χ2n) is 10.6. The predicted molar refractivity (Wildman–Crippen MR) is 162 cm³/mol. The zero-order valence-electron chi connectivity index (χ0n) is 24.8. The quantitative estimate of drug-likeness (QED) is 0.0641. The van der Waals surface area contributed by atoms with Crippen LogP contribution in [0.15, 0.2) is 36.5 Å². The lowest BCUT2D eigenvalue weighted by Gasteiger charge is -2.21. The summed E-state index contributed by atoms with van der Waals surface area (Å²) in [4.78, 5) is 12.3. The van der Waals surface area contributed by atoms with Crippen molar-refractivity contribution in [2.24, 2.45) is 0 Å². The van der Waals surface area contributed by atoms with Crippen molar-refractivity contribution in [3.63, 3.8) is 0 Å². The molecule has 0 saturated carbocycles. The van der Waals surface area contributed by atoms with Gasteiger partial charge in [-0.3, -0.25) is 4.79 Å². The van der Waals surface area contributed by atoms with Gasteiger partial charge in [0.25, 0.3) is 0 Å². The molecule has 38 heavy (non-hydrogen) atoms. The van der Waals surface area contributed by atoms with Crippen LogP contribution in [0.5, 0.6) is 0 Å². The van der Waals surface area contributed by atoms with Gasteiger partial charge >= 0.3 is 0 Å². The van der Waals surface area contributed by atoms with Gasteiger partial charge in [-0.25, -0.2) is 0 Å². The summed E-state index contributed by atoms with van der Waals surface area (Å²) in [5.74, 6) is -0.522. The number of aliphatic hydroxyl groups is 3. The first-order valence-electron chi connectivity index (χ1n) is 15.8. The molecule has 0 saturated heterocycles. The lowest BCUT2D eigenvalue weighted by molar-refractivity contribution is -0.131. The van der Waals surface area contributed by atoms with Crippen molar-refractivity contribution < 1.29 is 20.1 Å². The number of nitrogens with one attached hydrogen (secondary N) is 1. The van der Waals surface area contributed by atoms with Crippen LogP contribution >= 0.6 is 0 Å². The van der Waals surface area contributed by atoms with Gasteiger partial charge in [0.1, 0.15) is 6.10 Å². The first-order valence-corrected chi connectivity index (χ1v) is 15.8. The molecule has 3 unspecified atom stereocenters. The molecule has 4 N–H and O–H groups in total. The van der Waals surface area contributed by atoms with E-state index in [2.05, 4.69) is 43.5 Å². The molecule has 5 nitrogen and oxygen atoms in total. The highest BCUT2D eigenvalue weighted by atomic mass is 16.3. The van der Waals surface area contributed by atoms with E-state index in [1.54, 1.807) is 6.08 Å². The van der Waals surface area contributed by atoms with E-state index in [1.165, 1.54) is 70.6 Å².